The van der Waals surface area contributed by atoms with Crippen LogP contribution in [-0.2, 0) is 4.79 Å². The minimum absolute atomic E-state index is 0.0291. The van der Waals surface area contributed by atoms with Crippen LogP contribution in [0.15, 0.2) is 24.4 Å². The standard InChI is InChI=1S/C22H29FN6O2/c1-14-12-15(6-7-19(14)29-10-8-28(2)9-11-29)25-22-24-13-17(23)20(27-22)26-18-5-3-4-16(18)21(30)31/h6-7,12-13,16,18H,3-5,8-11H2,1-2H3,(H,30,31)(H2,24,25,26,27)/t16-,18-/m0/s1. The maximum absolute atomic E-state index is 14.3. The lowest BCUT2D eigenvalue weighted by Gasteiger charge is -2.35. The molecule has 1 aliphatic heterocycles. The normalized spacial score (nSPS) is 21.8. The van der Waals surface area contributed by atoms with Gasteiger partial charge in [-0.25, -0.2) is 9.37 Å². The lowest BCUT2D eigenvalue weighted by molar-refractivity contribution is -0.141. The van der Waals surface area contributed by atoms with Crippen LogP contribution in [-0.4, -0.2) is 65.2 Å². The molecule has 1 saturated carbocycles. The quantitative estimate of drug-likeness (QED) is 0.646. The van der Waals surface area contributed by atoms with E-state index in [1.807, 2.05) is 12.1 Å². The molecule has 4 rings (SSSR count). The number of likely N-dealkylation sites (N-methyl/N-ethyl adjacent to an activating group) is 1. The van der Waals surface area contributed by atoms with Crippen LogP contribution in [0.1, 0.15) is 24.8 Å². The topological polar surface area (TPSA) is 93.6 Å². The van der Waals surface area contributed by atoms with Crippen molar-refractivity contribution in [1.82, 2.24) is 14.9 Å². The summed E-state index contributed by atoms with van der Waals surface area (Å²) in [5.74, 6) is -1.69. The number of carboxylic acid groups (broad SMARTS) is 1. The third-order valence-corrected chi connectivity index (χ3v) is 6.20. The van der Waals surface area contributed by atoms with E-state index >= 15 is 0 Å². The third kappa shape index (κ3) is 4.87. The highest BCUT2D eigenvalue weighted by atomic mass is 19.1. The lowest BCUT2D eigenvalue weighted by atomic mass is 10.0. The smallest absolute Gasteiger partial charge is 0.308 e. The highest BCUT2D eigenvalue weighted by Crippen LogP contribution is 2.30. The number of halogens is 1. The minimum atomic E-state index is -0.862. The molecule has 0 unspecified atom stereocenters. The second-order valence-corrected chi connectivity index (χ2v) is 8.43. The number of hydrogen-bond acceptors (Lipinski definition) is 7. The number of carboxylic acids is 1. The maximum Gasteiger partial charge on any atom is 0.308 e. The van der Waals surface area contributed by atoms with Crippen LogP contribution in [0.25, 0.3) is 0 Å². The fourth-order valence-corrected chi connectivity index (χ4v) is 4.40. The molecule has 31 heavy (non-hydrogen) atoms. The zero-order valence-electron chi connectivity index (χ0n) is 17.9. The van der Waals surface area contributed by atoms with Gasteiger partial charge in [0, 0.05) is 43.6 Å². The molecule has 0 radical (unpaired) electrons. The van der Waals surface area contributed by atoms with Crippen LogP contribution >= 0.6 is 0 Å². The van der Waals surface area contributed by atoms with Crippen molar-refractivity contribution in [2.24, 2.45) is 5.92 Å². The first-order valence-electron chi connectivity index (χ1n) is 10.7. The number of anilines is 4. The SMILES string of the molecule is Cc1cc(Nc2ncc(F)c(N[C@H]3CCC[C@@H]3C(=O)O)n2)ccc1N1CCN(C)CC1. The molecule has 2 fully saturated rings. The summed E-state index contributed by atoms with van der Waals surface area (Å²) in [6.45, 7) is 6.16. The predicted octanol–water partition coefficient (Wildman–Crippen LogP) is 3.08. The van der Waals surface area contributed by atoms with Crippen molar-refractivity contribution in [3.63, 3.8) is 0 Å². The Morgan fingerprint density at radius 1 is 1.23 bits per heavy atom. The van der Waals surface area contributed by atoms with Crippen molar-refractivity contribution >= 4 is 29.1 Å². The Morgan fingerprint density at radius 3 is 2.71 bits per heavy atom. The van der Waals surface area contributed by atoms with Gasteiger partial charge in [0.25, 0.3) is 0 Å². The van der Waals surface area contributed by atoms with E-state index in [0.717, 1.165) is 50.0 Å². The Labute approximate surface area is 181 Å². The number of nitrogens with one attached hydrogen (secondary N) is 2. The Morgan fingerprint density at radius 2 is 2.00 bits per heavy atom. The monoisotopic (exact) mass is 428 g/mol. The zero-order valence-corrected chi connectivity index (χ0v) is 17.9. The van der Waals surface area contributed by atoms with Gasteiger partial charge in [-0.15, -0.1) is 0 Å². The number of benzene rings is 1. The lowest BCUT2D eigenvalue weighted by Crippen LogP contribution is -2.44. The van der Waals surface area contributed by atoms with Gasteiger partial charge in [-0.05, 0) is 50.6 Å². The number of piperazine rings is 1. The molecule has 2 aliphatic rings. The average Bonchev–Trinajstić information content (AvgIpc) is 3.20. The van der Waals surface area contributed by atoms with Crippen molar-refractivity contribution in [3.8, 4) is 0 Å². The van der Waals surface area contributed by atoms with E-state index in [4.69, 9.17) is 0 Å². The number of nitrogens with zero attached hydrogens (tertiary/aromatic N) is 4. The van der Waals surface area contributed by atoms with Crippen LogP contribution in [0.5, 0.6) is 0 Å². The molecule has 1 aromatic carbocycles. The zero-order chi connectivity index (χ0) is 22.0. The first-order chi connectivity index (χ1) is 14.9. The Balaban J connectivity index is 1.46. The molecule has 1 aromatic heterocycles. The number of hydrogen-bond donors (Lipinski definition) is 3. The van der Waals surface area contributed by atoms with Gasteiger partial charge in [-0.1, -0.05) is 6.42 Å². The van der Waals surface area contributed by atoms with E-state index in [2.05, 4.69) is 50.4 Å². The minimum Gasteiger partial charge on any atom is -0.481 e. The van der Waals surface area contributed by atoms with Crippen LogP contribution in [0.4, 0.5) is 27.5 Å². The summed E-state index contributed by atoms with van der Waals surface area (Å²) in [5, 5.41) is 15.5. The molecule has 1 saturated heterocycles. The van der Waals surface area contributed by atoms with E-state index in [9.17, 15) is 14.3 Å². The second-order valence-electron chi connectivity index (χ2n) is 8.43. The molecule has 2 atom stereocenters. The number of rotatable bonds is 6. The Hall–Kier alpha value is -2.94. The molecule has 2 aromatic rings. The third-order valence-electron chi connectivity index (χ3n) is 6.20. The van der Waals surface area contributed by atoms with Gasteiger partial charge in [0.2, 0.25) is 5.95 Å². The van der Waals surface area contributed by atoms with E-state index in [-0.39, 0.29) is 17.8 Å². The molecule has 0 spiro atoms. The molecule has 2 heterocycles. The van der Waals surface area contributed by atoms with Crippen molar-refractivity contribution in [3.05, 3.63) is 35.8 Å². The number of carbonyl (C=O) groups is 1. The summed E-state index contributed by atoms with van der Waals surface area (Å²) >= 11 is 0. The summed E-state index contributed by atoms with van der Waals surface area (Å²) in [6.07, 6.45) is 3.17. The van der Waals surface area contributed by atoms with E-state index in [1.165, 1.54) is 5.69 Å². The first-order valence-corrected chi connectivity index (χ1v) is 10.7. The molecule has 0 bridgehead atoms. The predicted molar refractivity (Wildman–Crippen MR) is 119 cm³/mol. The second kappa shape index (κ2) is 9.05. The molecule has 166 valence electrons. The highest BCUT2D eigenvalue weighted by molar-refractivity contribution is 5.72. The molecule has 8 nitrogen and oxygen atoms in total. The summed E-state index contributed by atoms with van der Waals surface area (Å²) in [4.78, 5) is 24.4. The van der Waals surface area contributed by atoms with Gasteiger partial charge in [0.05, 0.1) is 12.1 Å². The maximum atomic E-state index is 14.3. The largest absolute Gasteiger partial charge is 0.481 e. The number of aliphatic carboxylic acids is 1. The fourth-order valence-electron chi connectivity index (χ4n) is 4.40. The van der Waals surface area contributed by atoms with Gasteiger partial charge in [-0.2, -0.15) is 4.98 Å². The fraction of sp³-hybridized carbons (Fsp3) is 0.500. The van der Waals surface area contributed by atoms with E-state index in [0.29, 0.717) is 12.8 Å². The molecular formula is C22H29FN6O2. The molecule has 3 N–H and O–H groups in total. The molecule has 9 heteroatoms. The van der Waals surface area contributed by atoms with E-state index in [1.54, 1.807) is 0 Å². The number of aryl methyl sites for hydroxylation is 1. The van der Waals surface area contributed by atoms with Crippen molar-refractivity contribution in [2.45, 2.75) is 32.2 Å². The average molecular weight is 429 g/mol. The van der Waals surface area contributed by atoms with Crippen LogP contribution in [0, 0.1) is 18.7 Å². The first kappa shape index (κ1) is 21.3. The molecular weight excluding hydrogens is 399 g/mol. The van der Waals surface area contributed by atoms with Crippen LogP contribution in [0.3, 0.4) is 0 Å². The summed E-state index contributed by atoms with van der Waals surface area (Å²) in [5.41, 5.74) is 3.17. The van der Waals surface area contributed by atoms with Gasteiger partial charge in [0.1, 0.15) is 0 Å². The molecule has 0 amide bonds. The summed E-state index contributed by atoms with van der Waals surface area (Å²) in [7, 11) is 2.14. The Bertz CT molecular complexity index is 948. The van der Waals surface area contributed by atoms with Gasteiger partial charge < -0.3 is 25.5 Å². The van der Waals surface area contributed by atoms with Crippen molar-refractivity contribution < 1.29 is 14.3 Å². The van der Waals surface area contributed by atoms with Crippen LogP contribution < -0.4 is 15.5 Å². The Kier molecular flexibility index (Phi) is 6.22. The van der Waals surface area contributed by atoms with Crippen molar-refractivity contribution in [2.75, 3.05) is 48.8 Å². The van der Waals surface area contributed by atoms with Gasteiger partial charge in [-0.3, -0.25) is 4.79 Å². The summed E-state index contributed by atoms with van der Waals surface area (Å²) in [6, 6.07) is 5.75. The highest BCUT2D eigenvalue weighted by Gasteiger charge is 2.33. The molecule has 1 aliphatic carbocycles. The van der Waals surface area contributed by atoms with Gasteiger partial charge in [0.15, 0.2) is 11.6 Å². The van der Waals surface area contributed by atoms with Crippen molar-refractivity contribution in [1.29, 1.82) is 0 Å². The van der Waals surface area contributed by atoms with Gasteiger partial charge >= 0.3 is 5.97 Å². The van der Waals surface area contributed by atoms with E-state index < -0.39 is 17.7 Å². The van der Waals surface area contributed by atoms with Crippen LogP contribution in [0.2, 0.25) is 0 Å². The number of aromatic nitrogens is 2. The summed E-state index contributed by atoms with van der Waals surface area (Å²) < 4.78 is 14.3.